The van der Waals surface area contributed by atoms with Gasteiger partial charge in [0.05, 0.1) is 11.3 Å². The van der Waals surface area contributed by atoms with Crippen molar-refractivity contribution in [3.8, 4) is 16.3 Å². The molecule has 0 saturated carbocycles. The highest BCUT2D eigenvalue weighted by atomic mass is 32.1. The Morgan fingerprint density at radius 3 is 2.50 bits per heavy atom. The minimum Gasteiger partial charge on any atom is -0.482 e. The minimum absolute atomic E-state index is 0.0262. The number of alkyl halides is 3. The summed E-state index contributed by atoms with van der Waals surface area (Å²) in [5.41, 5.74) is 0.978. The van der Waals surface area contributed by atoms with Crippen molar-refractivity contribution < 1.29 is 32.6 Å². The predicted molar refractivity (Wildman–Crippen MR) is 114 cm³/mol. The van der Waals surface area contributed by atoms with Gasteiger partial charge >= 0.3 is 12.1 Å². The van der Waals surface area contributed by atoms with Gasteiger partial charge in [-0.2, -0.15) is 13.2 Å². The van der Waals surface area contributed by atoms with Gasteiger partial charge in [0.2, 0.25) is 0 Å². The average Bonchev–Trinajstić information content (AvgIpc) is 3.10. The molecule has 1 heterocycles. The summed E-state index contributed by atoms with van der Waals surface area (Å²) >= 11 is 1.16. The van der Waals surface area contributed by atoms with Gasteiger partial charge in [-0.1, -0.05) is 18.2 Å². The van der Waals surface area contributed by atoms with Gasteiger partial charge in [0.25, 0.3) is 0 Å². The van der Waals surface area contributed by atoms with Crippen LogP contribution in [0.25, 0.3) is 10.6 Å². The number of carbonyl (C=O) groups is 2. The first-order valence-electron chi connectivity index (χ1n) is 9.67. The van der Waals surface area contributed by atoms with E-state index in [9.17, 15) is 22.8 Å². The van der Waals surface area contributed by atoms with Gasteiger partial charge < -0.3 is 9.84 Å². The zero-order valence-corrected chi connectivity index (χ0v) is 18.1. The number of benzene rings is 2. The number of aromatic nitrogens is 1. The van der Waals surface area contributed by atoms with Crippen molar-refractivity contribution in [1.29, 1.82) is 0 Å². The first-order valence-corrected chi connectivity index (χ1v) is 10.5. The Morgan fingerprint density at radius 2 is 1.84 bits per heavy atom. The Morgan fingerprint density at radius 1 is 1.12 bits per heavy atom. The molecule has 9 heteroatoms. The van der Waals surface area contributed by atoms with Crippen LogP contribution >= 0.6 is 11.3 Å². The van der Waals surface area contributed by atoms with E-state index in [1.165, 1.54) is 18.2 Å². The standard InChI is InChI=1S/C23H20F3NO4S/c1-13-11-15(7-9-19(13)31-12-21(29)30)18(28)8-10-20-14(2)27-22(32-20)16-5-3-4-6-17(16)23(24,25)26/h3-7,9,11H,8,10,12H2,1-2H3,(H,29,30). The molecule has 5 nitrogen and oxygen atoms in total. The number of carboxylic acid groups (broad SMARTS) is 1. The van der Waals surface area contributed by atoms with Crippen molar-refractivity contribution in [1.82, 2.24) is 4.98 Å². The lowest BCUT2D eigenvalue weighted by molar-refractivity contribution is -0.139. The van der Waals surface area contributed by atoms with Crippen LogP contribution in [0.3, 0.4) is 0 Å². The lowest BCUT2D eigenvalue weighted by Gasteiger charge is -2.10. The third-order valence-electron chi connectivity index (χ3n) is 4.78. The number of aryl methyl sites for hydroxylation is 3. The SMILES string of the molecule is Cc1cc(C(=O)CCc2sc(-c3ccccc3C(F)(F)F)nc2C)ccc1OCC(=O)O. The first-order chi connectivity index (χ1) is 15.1. The number of carbonyl (C=O) groups excluding carboxylic acids is 1. The van der Waals surface area contributed by atoms with Gasteiger partial charge in [-0.25, -0.2) is 9.78 Å². The Balaban J connectivity index is 1.72. The van der Waals surface area contributed by atoms with Gasteiger partial charge in [-0.3, -0.25) is 4.79 Å². The van der Waals surface area contributed by atoms with Crippen LogP contribution in [0.15, 0.2) is 42.5 Å². The lowest BCUT2D eigenvalue weighted by atomic mass is 10.0. The number of Topliss-reactive ketones (excluding diaryl/α,β-unsaturated/α-hetero) is 1. The van der Waals surface area contributed by atoms with Crippen LogP contribution in [0.5, 0.6) is 5.75 Å². The zero-order valence-electron chi connectivity index (χ0n) is 17.3. The van der Waals surface area contributed by atoms with Crippen molar-refractivity contribution in [3.63, 3.8) is 0 Å². The van der Waals surface area contributed by atoms with E-state index in [0.29, 0.717) is 29.0 Å². The number of thiazole rings is 1. The number of carboxylic acids is 1. The number of hydrogen-bond donors (Lipinski definition) is 1. The summed E-state index contributed by atoms with van der Waals surface area (Å²) in [7, 11) is 0. The fourth-order valence-electron chi connectivity index (χ4n) is 3.19. The van der Waals surface area contributed by atoms with Gasteiger partial charge in [-0.05, 0) is 50.1 Å². The van der Waals surface area contributed by atoms with E-state index < -0.39 is 24.3 Å². The van der Waals surface area contributed by atoms with Gasteiger partial charge in [0.15, 0.2) is 12.4 Å². The summed E-state index contributed by atoms with van der Waals surface area (Å²) in [4.78, 5) is 28.3. The number of hydrogen-bond acceptors (Lipinski definition) is 5. The number of ketones is 1. The second-order valence-electron chi connectivity index (χ2n) is 7.16. The van der Waals surface area contributed by atoms with Crippen LogP contribution in [0.1, 0.15) is 38.5 Å². The van der Waals surface area contributed by atoms with E-state index in [-0.39, 0.29) is 22.8 Å². The summed E-state index contributed by atoms with van der Waals surface area (Å²) < 4.78 is 45.1. The van der Waals surface area contributed by atoms with Crippen molar-refractivity contribution in [2.24, 2.45) is 0 Å². The van der Waals surface area contributed by atoms with Gasteiger partial charge in [0.1, 0.15) is 10.8 Å². The van der Waals surface area contributed by atoms with Gasteiger partial charge in [-0.15, -0.1) is 11.3 Å². The molecular formula is C23H20F3NO4S. The van der Waals surface area contributed by atoms with Crippen LogP contribution in [0.4, 0.5) is 13.2 Å². The van der Waals surface area contributed by atoms with Crippen LogP contribution in [-0.4, -0.2) is 28.4 Å². The average molecular weight is 463 g/mol. The first kappa shape index (κ1) is 23.5. The molecule has 0 atom stereocenters. The van der Waals surface area contributed by atoms with Crippen LogP contribution in [0.2, 0.25) is 0 Å². The highest BCUT2D eigenvalue weighted by molar-refractivity contribution is 7.15. The van der Waals surface area contributed by atoms with E-state index in [0.717, 1.165) is 22.3 Å². The molecule has 0 saturated heterocycles. The van der Waals surface area contributed by atoms with Crippen molar-refractivity contribution in [2.45, 2.75) is 32.9 Å². The van der Waals surface area contributed by atoms with Crippen LogP contribution in [0, 0.1) is 13.8 Å². The minimum atomic E-state index is -4.48. The molecule has 0 radical (unpaired) electrons. The molecular weight excluding hydrogens is 443 g/mol. The lowest BCUT2D eigenvalue weighted by Crippen LogP contribution is -2.10. The quantitative estimate of drug-likeness (QED) is 0.432. The molecule has 32 heavy (non-hydrogen) atoms. The Kier molecular flexibility index (Phi) is 6.98. The second kappa shape index (κ2) is 9.52. The largest absolute Gasteiger partial charge is 0.482 e. The third kappa shape index (κ3) is 5.53. The maximum atomic E-state index is 13.3. The molecule has 168 valence electrons. The normalized spacial score (nSPS) is 11.4. The molecule has 0 aliphatic rings. The number of rotatable bonds is 8. The maximum Gasteiger partial charge on any atom is 0.417 e. The van der Waals surface area contributed by atoms with E-state index >= 15 is 0 Å². The molecule has 0 aliphatic carbocycles. The zero-order chi connectivity index (χ0) is 23.5. The summed E-state index contributed by atoms with van der Waals surface area (Å²) in [6, 6.07) is 10.0. The second-order valence-corrected chi connectivity index (χ2v) is 8.24. The van der Waals surface area contributed by atoms with E-state index in [1.807, 2.05) is 0 Å². The maximum absolute atomic E-state index is 13.3. The number of aliphatic carboxylic acids is 1. The molecule has 1 N–H and O–H groups in total. The Bertz CT molecular complexity index is 1150. The van der Waals surface area contributed by atoms with Gasteiger partial charge in [0, 0.05) is 22.4 Å². The fourth-order valence-corrected chi connectivity index (χ4v) is 4.29. The topological polar surface area (TPSA) is 76.5 Å². The molecule has 1 aromatic heterocycles. The Hall–Kier alpha value is -3.20. The highest BCUT2D eigenvalue weighted by Crippen LogP contribution is 2.39. The van der Waals surface area contributed by atoms with Crippen LogP contribution < -0.4 is 4.74 Å². The number of ether oxygens (including phenoxy) is 1. The molecule has 0 bridgehead atoms. The molecule has 0 fully saturated rings. The summed E-state index contributed by atoms with van der Waals surface area (Å²) in [6.45, 7) is 2.96. The summed E-state index contributed by atoms with van der Waals surface area (Å²) in [6.07, 6.45) is -3.96. The smallest absolute Gasteiger partial charge is 0.417 e. The Labute approximate surface area is 186 Å². The molecule has 2 aromatic carbocycles. The fraction of sp³-hybridized carbons (Fsp3) is 0.261. The van der Waals surface area contributed by atoms with Crippen molar-refractivity contribution >= 4 is 23.1 Å². The summed E-state index contributed by atoms with van der Waals surface area (Å²) in [5, 5.41) is 8.97. The van der Waals surface area contributed by atoms with Crippen LogP contribution in [-0.2, 0) is 17.4 Å². The summed E-state index contributed by atoms with van der Waals surface area (Å²) in [5.74, 6) is -0.847. The van der Waals surface area contributed by atoms with E-state index in [4.69, 9.17) is 9.84 Å². The number of halogens is 3. The third-order valence-corrected chi connectivity index (χ3v) is 6.03. The molecule has 0 amide bonds. The monoisotopic (exact) mass is 463 g/mol. The molecule has 3 rings (SSSR count). The number of nitrogens with zero attached hydrogens (tertiary/aromatic N) is 1. The van der Waals surface area contributed by atoms with Crippen molar-refractivity contribution in [2.75, 3.05) is 6.61 Å². The molecule has 0 spiro atoms. The molecule has 3 aromatic rings. The molecule has 0 unspecified atom stereocenters. The molecule has 0 aliphatic heterocycles. The predicted octanol–water partition coefficient (Wildman–Crippen LogP) is 5.72. The van der Waals surface area contributed by atoms with Crippen molar-refractivity contribution in [3.05, 3.63) is 69.7 Å². The van der Waals surface area contributed by atoms with E-state index in [2.05, 4.69) is 4.98 Å². The highest BCUT2D eigenvalue weighted by Gasteiger charge is 2.34. The van der Waals surface area contributed by atoms with E-state index in [1.54, 1.807) is 32.0 Å².